The van der Waals surface area contributed by atoms with Crippen molar-refractivity contribution in [2.24, 2.45) is 17.8 Å². The molecular weight excluding hydrogens is 452 g/mol. The van der Waals surface area contributed by atoms with Gasteiger partial charge in [-0.2, -0.15) is 0 Å². The van der Waals surface area contributed by atoms with Crippen molar-refractivity contribution in [3.8, 4) is 0 Å². The zero-order valence-electron chi connectivity index (χ0n) is 18.8. The van der Waals surface area contributed by atoms with E-state index >= 15 is 0 Å². The highest BCUT2D eigenvalue weighted by Crippen LogP contribution is 2.20. The molecule has 34 heavy (non-hydrogen) atoms. The number of likely N-dealkylation sites (tertiary alicyclic amines) is 3. The maximum Gasteiger partial charge on any atom is 0.308 e. The molecule has 3 amide bonds. The van der Waals surface area contributed by atoms with Gasteiger partial charge in [0.15, 0.2) is 0 Å². The Morgan fingerprint density at radius 2 is 0.882 bits per heavy atom. The first-order valence-corrected chi connectivity index (χ1v) is 11.3. The number of carbonyl (C=O) groups excluding carboxylic acids is 3. The van der Waals surface area contributed by atoms with Crippen LogP contribution in [0.5, 0.6) is 0 Å². The van der Waals surface area contributed by atoms with Crippen LogP contribution in [0.25, 0.3) is 0 Å². The predicted molar refractivity (Wildman–Crippen MR) is 113 cm³/mol. The first kappa shape index (κ1) is 25.4. The van der Waals surface area contributed by atoms with Crippen LogP contribution in [0.3, 0.4) is 0 Å². The van der Waals surface area contributed by atoms with Gasteiger partial charge in [0, 0.05) is 78.2 Å². The second kappa shape index (κ2) is 10.8. The number of carboxylic acids is 3. The molecule has 3 atom stereocenters. The van der Waals surface area contributed by atoms with Gasteiger partial charge < -0.3 is 30.0 Å². The molecule has 0 aromatic rings. The van der Waals surface area contributed by atoms with E-state index in [0.717, 1.165) is 0 Å². The first-order chi connectivity index (χ1) is 16.0. The lowest BCUT2D eigenvalue weighted by atomic mass is 10.1. The number of rotatable bonds is 12. The molecule has 3 aliphatic rings. The molecule has 0 radical (unpaired) electrons. The van der Waals surface area contributed by atoms with Crippen LogP contribution in [0.1, 0.15) is 19.3 Å². The molecule has 0 bridgehead atoms. The molecule has 3 heterocycles. The second-order valence-electron chi connectivity index (χ2n) is 9.08. The summed E-state index contributed by atoms with van der Waals surface area (Å²) in [5.41, 5.74) is 0. The molecule has 3 unspecified atom stereocenters. The highest BCUT2D eigenvalue weighted by atomic mass is 16.4. The average molecular weight is 482 g/mol. The van der Waals surface area contributed by atoms with Gasteiger partial charge in [-0.3, -0.25) is 33.7 Å². The smallest absolute Gasteiger partial charge is 0.308 e. The van der Waals surface area contributed by atoms with E-state index in [1.807, 2.05) is 4.90 Å². The van der Waals surface area contributed by atoms with Crippen molar-refractivity contribution in [2.45, 2.75) is 19.3 Å². The van der Waals surface area contributed by atoms with E-state index in [1.54, 1.807) is 0 Å². The van der Waals surface area contributed by atoms with Crippen LogP contribution in [-0.2, 0) is 28.8 Å². The summed E-state index contributed by atoms with van der Waals surface area (Å²) in [5.74, 6) is -6.03. The number of hydrogen-bond acceptors (Lipinski definition) is 7. The van der Waals surface area contributed by atoms with Gasteiger partial charge >= 0.3 is 17.9 Å². The van der Waals surface area contributed by atoms with Crippen LogP contribution in [0.2, 0.25) is 0 Å². The molecule has 13 heteroatoms. The number of carboxylic acid groups (broad SMARTS) is 3. The van der Waals surface area contributed by atoms with Crippen LogP contribution >= 0.6 is 0 Å². The lowest BCUT2D eigenvalue weighted by Crippen LogP contribution is -2.44. The minimum absolute atomic E-state index is 0.0486. The molecule has 0 aromatic carbocycles. The Hall–Kier alpha value is -3.22. The summed E-state index contributed by atoms with van der Waals surface area (Å²) in [7, 11) is 0. The zero-order chi connectivity index (χ0) is 25.0. The fourth-order valence-electron chi connectivity index (χ4n) is 4.58. The number of nitrogens with zero attached hydrogens (tertiary/aromatic N) is 4. The lowest BCUT2D eigenvalue weighted by Gasteiger charge is -2.29. The molecule has 0 saturated carbocycles. The summed E-state index contributed by atoms with van der Waals surface area (Å²) < 4.78 is 0. The molecule has 3 N–H and O–H groups in total. The van der Waals surface area contributed by atoms with Crippen molar-refractivity contribution >= 4 is 35.6 Å². The summed E-state index contributed by atoms with van der Waals surface area (Å²) in [5, 5.41) is 27.5. The molecule has 0 spiro atoms. The van der Waals surface area contributed by atoms with Crippen LogP contribution in [0.4, 0.5) is 0 Å². The Morgan fingerprint density at radius 1 is 0.618 bits per heavy atom. The molecule has 3 rings (SSSR count). The maximum absolute atomic E-state index is 12.1. The van der Waals surface area contributed by atoms with Crippen molar-refractivity contribution in [1.82, 2.24) is 19.6 Å². The standard InChI is InChI=1S/C21H30N4O9/c26-16-7-13(19(29)30)10-23(16)4-1-22(2-5-24-11-14(20(31)32)8-17(24)27)3-6-25-12-15(21(33)34)9-18(25)28/h13-15H,1-12H2,(H,29,30)(H,31,32)(H,33,34). The highest BCUT2D eigenvalue weighted by Gasteiger charge is 2.37. The molecule has 0 aliphatic carbocycles. The average Bonchev–Trinajstić information content (AvgIpc) is 3.44. The van der Waals surface area contributed by atoms with Gasteiger partial charge in [-0.1, -0.05) is 0 Å². The normalized spacial score (nSPS) is 25.1. The Kier molecular flexibility index (Phi) is 8.07. The van der Waals surface area contributed by atoms with E-state index in [4.69, 9.17) is 15.3 Å². The topological polar surface area (TPSA) is 176 Å². The first-order valence-electron chi connectivity index (χ1n) is 11.3. The Bertz CT molecular complexity index is 754. The monoisotopic (exact) mass is 482 g/mol. The molecular formula is C21H30N4O9. The van der Waals surface area contributed by atoms with E-state index < -0.39 is 35.7 Å². The van der Waals surface area contributed by atoms with Crippen molar-refractivity contribution in [3.63, 3.8) is 0 Å². The Balaban J connectivity index is 1.57. The predicted octanol–water partition coefficient (Wildman–Crippen LogP) is -1.91. The minimum atomic E-state index is -1.02. The van der Waals surface area contributed by atoms with Gasteiger partial charge in [-0.05, 0) is 0 Å². The minimum Gasteiger partial charge on any atom is -0.481 e. The van der Waals surface area contributed by atoms with Gasteiger partial charge in [-0.25, -0.2) is 0 Å². The van der Waals surface area contributed by atoms with Crippen LogP contribution < -0.4 is 0 Å². The lowest BCUT2D eigenvalue weighted by molar-refractivity contribution is -0.142. The summed E-state index contributed by atoms with van der Waals surface area (Å²) in [4.78, 5) is 76.4. The maximum atomic E-state index is 12.1. The number of carbonyl (C=O) groups is 6. The summed E-state index contributed by atoms with van der Waals surface area (Å²) >= 11 is 0. The van der Waals surface area contributed by atoms with E-state index in [-0.39, 0.29) is 76.3 Å². The Morgan fingerprint density at radius 3 is 1.09 bits per heavy atom. The third-order valence-electron chi connectivity index (χ3n) is 6.75. The fourth-order valence-corrected chi connectivity index (χ4v) is 4.58. The molecule has 188 valence electrons. The highest BCUT2D eigenvalue weighted by molar-refractivity contribution is 5.87. The van der Waals surface area contributed by atoms with Crippen molar-refractivity contribution < 1.29 is 44.1 Å². The van der Waals surface area contributed by atoms with E-state index in [1.165, 1.54) is 14.7 Å². The van der Waals surface area contributed by atoms with Crippen molar-refractivity contribution in [1.29, 1.82) is 0 Å². The van der Waals surface area contributed by atoms with Crippen LogP contribution in [0.15, 0.2) is 0 Å². The summed E-state index contributed by atoms with van der Waals surface area (Å²) in [6, 6.07) is 0. The molecule has 13 nitrogen and oxygen atoms in total. The van der Waals surface area contributed by atoms with Crippen LogP contribution in [-0.4, -0.2) is 129 Å². The van der Waals surface area contributed by atoms with E-state index in [9.17, 15) is 28.8 Å². The van der Waals surface area contributed by atoms with Crippen molar-refractivity contribution in [3.05, 3.63) is 0 Å². The molecule has 3 aliphatic heterocycles. The van der Waals surface area contributed by atoms with E-state index in [2.05, 4.69) is 0 Å². The largest absolute Gasteiger partial charge is 0.481 e. The van der Waals surface area contributed by atoms with Gasteiger partial charge in [0.25, 0.3) is 0 Å². The van der Waals surface area contributed by atoms with Gasteiger partial charge in [0.2, 0.25) is 17.7 Å². The van der Waals surface area contributed by atoms with Crippen LogP contribution in [0, 0.1) is 17.8 Å². The quantitative estimate of drug-likeness (QED) is 0.284. The van der Waals surface area contributed by atoms with E-state index in [0.29, 0.717) is 19.6 Å². The summed E-state index contributed by atoms with van der Waals surface area (Å²) in [6.07, 6.45) is -0.146. The molecule has 3 fully saturated rings. The molecule has 0 aromatic heterocycles. The number of amides is 3. The Labute approximate surface area is 195 Å². The summed E-state index contributed by atoms with van der Waals surface area (Å²) in [6.45, 7) is 2.31. The van der Waals surface area contributed by atoms with Gasteiger partial charge in [0.05, 0.1) is 17.8 Å². The number of aliphatic carboxylic acids is 3. The third-order valence-corrected chi connectivity index (χ3v) is 6.75. The van der Waals surface area contributed by atoms with Crippen molar-refractivity contribution in [2.75, 3.05) is 58.9 Å². The fraction of sp³-hybridized carbons (Fsp3) is 0.714. The van der Waals surface area contributed by atoms with Gasteiger partial charge in [-0.15, -0.1) is 0 Å². The van der Waals surface area contributed by atoms with Gasteiger partial charge in [0.1, 0.15) is 0 Å². The zero-order valence-corrected chi connectivity index (χ0v) is 18.8. The number of hydrogen-bond donors (Lipinski definition) is 3. The third kappa shape index (κ3) is 6.22. The molecule has 3 saturated heterocycles. The second-order valence-corrected chi connectivity index (χ2v) is 9.08. The SMILES string of the molecule is O=C(O)C1CC(=O)N(CCN(CCN2CC(C(=O)O)CC2=O)CCN2CC(C(=O)O)CC2=O)C1.